The molecule has 2 aliphatic rings. The van der Waals surface area contributed by atoms with Gasteiger partial charge in [-0.15, -0.1) is 0 Å². The number of hydrogen-bond donors (Lipinski definition) is 0. The molecule has 2 heterocycles. The molecule has 0 atom stereocenters. The van der Waals surface area contributed by atoms with Crippen LogP contribution in [-0.4, -0.2) is 78.7 Å². The Kier molecular flexibility index (Phi) is 83.5. The monoisotopic (exact) mass is 2030 g/mol. The van der Waals surface area contributed by atoms with E-state index >= 15 is 0 Å². The van der Waals surface area contributed by atoms with Crippen molar-refractivity contribution in [1.29, 1.82) is 0 Å². The predicted octanol–water partition coefficient (Wildman–Crippen LogP) is 42.0. The van der Waals surface area contributed by atoms with Crippen LogP contribution in [-0.2, 0) is 81.1 Å². The summed E-state index contributed by atoms with van der Waals surface area (Å²) in [7, 11) is 4.21. The normalized spacial score (nSPS) is 12.9. The van der Waals surface area contributed by atoms with Crippen LogP contribution >= 0.6 is 0 Å². The van der Waals surface area contributed by atoms with Crippen molar-refractivity contribution >= 4 is 22.8 Å². The Bertz CT molecular complexity index is 3830. The van der Waals surface area contributed by atoms with Crippen LogP contribution in [0.5, 0.6) is 0 Å². The molecule has 141 heavy (non-hydrogen) atoms. The van der Waals surface area contributed by atoms with Crippen LogP contribution in [0.25, 0.3) is 33.9 Å². The summed E-state index contributed by atoms with van der Waals surface area (Å²) in [6, 6.07) is 29.3. The molecule has 0 bridgehead atoms. The average molecular weight is 2030 g/mol. The van der Waals surface area contributed by atoms with Gasteiger partial charge in [-0.3, -0.25) is 0 Å². The fourth-order valence-electron chi connectivity index (χ4n) is 20.3. The first-order chi connectivity index (χ1) is 69.0. The molecule has 4 aromatic rings. The van der Waals surface area contributed by atoms with Gasteiger partial charge in [-0.25, -0.2) is 9.39 Å². The van der Waals surface area contributed by atoms with Crippen molar-refractivity contribution in [3.05, 3.63) is 173 Å². The van der Waals surface area contributed by atoms with Crippen LogP contribution in [0.3, 0.4) is 0 Å². The molecule has 0 saturated heterocycles. The van der Waals surface area contributed by atoms with Gasteiger partial charge in [0.2, 0.25) is 22.8 Å². The third-order valence-electron chi connectivity index (χ3n) is 29.4. The molecule has 0 amide bonds. The summed E-state index contributed by atoms with van der Waals surface area (Å²) < 4.78 is 12.5. The second-order valence-corrected chi connectivity index (χ2v) is 45.6. The summed E-state index contributed by atoms with van der Waals surface area (Å²) in [5.41, 5.74) is 49.7. The molecule has 814 valence electrons. The Hall–Kier alpha value is -4.13. The second-order valence-electron chi connectivity index (χ2n) is 42.5. The van der Waals surface area contributed by atoms with Gasteiger partial charge in [-0.05, 0) is 234 Å². The molecule has 6 rings (SSSR count). The number of unbranched alkanes of at least 4 members (excludes halogenated alkanes) is 52. The zero-order chi connectivity index (χ0) is 103. The van der Waals surface area contributed by atoms with Crippen molar-refractivity contribution in [3.63, 3.8) is 0 Å². The van der Waals surface area contributed by atoms with Crippen LogP contribution in [0.1, 0.15) is 608 Å². The molecule has 0 radical (unpaired) electrons. The van der Waals surface area contributed by atoms with Gasteiger partial charge in [0.25, 0.3) is 0 Å². The number of aryl methyl sites for hydroxylation is 8. The van der Waals surface area contributed by atoms with E-state index in [4.69, 9.17) is 0 Å². The first kappa shape index (κ1) is 131. The van der Waals surface area contributed by atoms with E-state index in [9.17, 15) is 11.1 Å². The van der Waals surface area contributed by atoms with Gasteiger partial charge in [-0.1, -0.05) is 434 Å². The minimum atomic E-state index is 0.947. The van der Waals surface area contributed by atoms with E-state index in [0.717, 1.165) is 151 Å². The molecular formula is C131H230N8Ni2. The Morgan fingerprint density at radius 3 is 0.624 bits per heavy atom. The number of rotatable bonds is 88. The zero-order valence-electron chi connectivity index (χ0n) is 96.8. The quantitative estimate of drug-likeness (QED) is 0.0251. The molecule has 0 unspecified atom stereocenters. The van der Waals surface area contributed by atoms with E-state index < -0.39 is 0 Å². The van der Waals surface area contributed by atoms with Crippen molar-refractivity contribution in [3.8, 4) is 0 Å². The molecule has 8 nitrogen and oxygen atoms in total. The summed E-state index contributed by atoms with van der Waals surface area (Å²) in [6.07, 6.45) is 99.1. The first-order valence-electron chi connectivity index (χ1n) is 61.6. The molecular weight excluding hydrogens is 1800 g/mol. The van der Waals surface area contributed by atoms with Crippen LogP contribution < -0.4 is 0 Å². The molecule has 0 N–H and O–H groups in total. The van der Waals surface area contributed by atoms with Gasteiger partial charge < -0.3 is 11.1 Å². The molecule has 0 saturated carbocycles. The zero-order valence-corrected chi connectivity index (χ0v) is 98.8. The number of allylic oxidation sites excluding steroid dienone is 4. The summed E-state index contributed by atoms with van der Waals surface area (Å²) in [5.74, 6) is 0. The second kappa shape index (κ2) is 89.8. The maximum atomic E-state index is 13.0. The number of hydrogen-bond acceptors (Lipinski definition) is 4. The van der Waals surface area contributed by atoms with Gasteiger partial charge in [0, 0.05) is 45.0 Å². The fourth-order valence-corrected chi connectivity index (χ4v) is 22.1. The van der Waals surface area contributed by atoms with Gasteiger partial charge in [0.15, 0.2) is 0 Å². The summed E-state index contributed by atoms with van der Waals surface area (Å²) >= 11 is 3.27. The van der Waals surface area contributed by atoms with Gasteiger partial charge >= 0.3 is 141 Å². The molecule has 0 fully saturated rings. The molecule has 10 heteroatoms. The van der Waals surface area contributed by atoms with E-state index in [-0.39, 0.29) is 0 Å². The van der Waals surface area contributed by atoms with Crippen LogP contribution in [0.2, 0.25) is 0 Å². The first-order valence-corrected chi connectivity index (χ1v) is 63.3. The van der Waals surface area contributed by atoms with Crippen LogP contribution in [0.15, 0.2) is 95.6 Å². The molecule has 2 aliphatic heterocycles. The minimum absolute atomic E-state index is 0.947. The van der Waals surface area contributed by atoms with E-state index in [0.29, 0.717) is 0 Å². The standard InChI is InChI=1S/C79H138N2.C38H56N2.2C4H10N.2C3H8N.2Ni/c1-7-13-19-22-25-27-29-31-33-35-37-39-41-43-45-47-49-51-55-60-72-64-70(58-17-11-5)66-74(68-72)78-76(62-54-16-10-4)77(63-57-53-24-21-15-9-3)79(81(78)80)75-67-71(59-18-12-6)65-73(69-75)61-56-52-50-48-46-44-42-40-38-36-34-32-30-28-26-23-20-14-8-2;1-6-11-16-20-32-23-30(18-13-8-3)25-35(26-32)37-29-34(22-15-10-5)38(40(37)39)36-27-31(19-14-9-4)24-33(28-36)21-17-12-7-2;2*1-3-5-4-2;2*1-3-4-2;;/h64-69H,7-63H2,1-6H3;23-29H,6-22H2,1-5H3;2*3-4H2,1-2H3;2*3H2,1-2H3;;/q;;4*-1;2*+2. The molecule has 0 aliphatic carbocycles. The van der Waals surface area contributed by atoms with Crippen molar-refractivity contribution in [1.82, 2.24) is 15.9 Å². The van der Waals surface area contributed by atoms with Gasteiger partial charge in [-0.2, -0.15) is 0 Å². The fraction of sp³-hybridized carbons (Fsp3) is 0.756. The van der Waals surface area contributed by atoms with Gasteiger partial charge in [0.05, 0.1) is 0 Å². The summed E-state index contributed by atoms with van der Waals surface area (Å²) in [4.78, 5) is 0. The SMILES string of the molecule is CCCCCCCCCCCCCCCCCCCCCc1cc(CCCC)cc(C2=C(CCCCC)C(CCCCCCCC)=C(c3cc(CCCC)cc(CCCCCCCCCCCCCCCCCCCCC)c3)[N+]2=[N-])c1.CCCCCc1cc(CCCC)cc(C2=CC(CCCC)=C(c3cc(CCCC)cc(CCCCC)c3)[N+]2=[N-])c1.CC[N](C)[Ni][N](C)CC.CC[N](CC)[Ni][N](CC)CC. The Morgan fingerprint density at radius 2 is 0.383 bits per heavy atom. The Balaban J connectivity index is 0.000000692. The van der Waals surface area contributed by atoms with E-state index in [1.54, 1.807) is 34.4 Å². The van der Waals surface area contributed by atoms with Gasteiger partial charge in [0.1, 0.15) is 0 Å². The molecule has 0 aromatic heterocycles. The molecule has 4 aromatic carbocycles. The van der Waals surface area contributed by atoms with Crippen LogP contribution in [0, 0.1) is 0 Å². The summed E-state index contributed by atoms with van der Waals surface area (Å²) in [6.45, 7) is 45.1. The Morgan fingerprint density at radius 1 is 0.191 bits per heavy atom. The van der Waals surface area contributed by atoms with Crippen molar-refractivity contribution in [2.24, 2.45) is 0 Å². The number of benzene rings is 4. The number of nitrogens with zero attached hydrogens (tertiary/aromatic N) is 8. The van der Waals surface area contributed by atoms with E-state index in [1.807, 2.05) is 0 Å². The maximum absolute atomic E-state index is 13.0. The van der Waals surface area contributed by atoms with E-state index in [2.05, 4.69) is 227 Å². The topological polar surface area (TPSA) is 63.6 Å². The third-order valence-corrected chi connectivity index (χ3v) is 32.5. The Labute approximate surface area is 890 Å². The van der Waals surface area contributed by atoms with Crippen molar-refractivity contribution < 1.29 is 39.1 Å². The third kappa shape index (κ3) is 60.3. The predicted molar refractivity (Wildman–Crippen MR) is 621 cm³/mol. The average Bonchev–Trinajstić information content (AvgIpc) is 1.76. The van der Waals surface area contributed by atoms with Crippen molar-refractivity contribution in [2.45, 2.75) is 593 Å². The van der Waals surface area contributed by atoms with E-state index in [1.165, 1.54) is 474 Å². The summed E-state index contributed by atoms with van der Waals surface area (Å²) in [5, 5.41) is 0. The van der Waals surface area contributed by atoms with Crippen molar-refractivity contribution in [2.75, 3.05) is 53.4 Å². The van der Waals surface area contributed by atoms with Crippen LogP contribution in [0.4, 0.5) is 0 Å². The molecule has 0 spiro atoms.